The lowest BCUT2D eigenvalue weighted by atomic mass is 10.2. The Morgan fingerprint density at radius 1 is 1.16 bits per heavy atom. The molecule has 0 aromatic heterocycles. The van der Waals surface area contributed by atoms with Gasteiger partial charge < -0.3 is 15.2 Å². The fourth-order valence-corrected chi connectivity index (χ4v) is 1.83. The smallest absolute Gasteiger partial charge is 0.119 e. The van der Waals surface area contributed by atoms with Gasteiger partial charge in [-0.05, 0) is 32.0 Å². The van der Waals surface area contributed by atoms with Crippen LogP contribution in [0.3, 0.4) is 0 Å². The molecule has 1 aromatic carbocycles. The summed E-state index contributed by atoms with van der Waals surface area (Å²) in [7, 11) is 0. The highest BCUT2D eigenvalue weighted by Crippen LogP contribution is 2.11. The zero-order valence-electron chi connectivity index (χ0n) is 12.2. The molecule has 0 saturated heterocycles. The van der Waals surface area contributed by atoms with Gasteiger partial charge in [0.15, 0.2) is 0 Å². The van der Waals surface area contributed by atoms with Crippen LogP contribution >= 0.6 is 0 Å². The van der Waals surface area contributed by atoms with Gasteiger partial charge in [0, 0.05) is 6.54 Å². The van der Waals surface area contributed by atoms with Gasteiger partial charge >= 0.3 is 0 Å². The van der Waals surface area contributed by atoms with Gasteiger partial charge in [-0.2, -0.15) is 0 Å². The molecule has 0 bridgehead atoms. The molecule has 0 aliphatic heterocycles. The topological polar surface area (TPSA) is 41.5 Å². The van der Waals surface area contributed by atoms with Crippen molar-refractivity contribution in [3.05, 3.63) is 29.8 Å². The van der Waals surface area contributed by atoms with Crippen molar-refractivity contribution >= 4 is 0 Å². The average molecular weight is 265 g/mol. The first-order valence-electron chi connectivity index (χ1n) is 7.30. The molecule has 0 spiro atoms. The summed E-state index contributed by atoms with van der Waals surface area (Å²) in [5, 5.41) is 13.0. The Kier molecular flexibility index (Phi) is 8.26. The van der Waals surface area contributed by atoms with Crippen molar-refractivity contribution in [1.82, 2.24) is 5.32 Å². The molecule has 1 rings (SSSR count). The molecule has 0 saturated carbocycles. The SMILES string of the molecule is CCCCCCNC[C@@H](O)COc1ccc(C)cc1. The maximum atomic E-state index is 9.78. The van der Waals surface area contributed by atoms with Crippen LogP contribution in [0.5, 0.6) is 5.75 Å². The van der Waals surface area contributed by atoms with E-state index in [-0.39, 0.29) is 0 Å². The van der Waals surface area contributed by atoms with Crippen molar-refractivity contribution in [1.29, 1.82) is 0 Å². The lowest BCUT2D eigenvalue weighted by Crippen LogP contribution is -2.32. The molecular weight excluding hydrogens is 238 g/mol. The van der Waals surface area contributed by atoms with Crippen LogP contribution < -0.4 is 10.1 Å². The minimum atomic E-state index is -0.451. The second-order valence-corrected chi connectivity index (χ2v) is 5.04. The predicted octanol–water partition coefficient (Wildman–Crippen LogP) is 2.90. The largest absolute Gasteiger partial charge is 0.491 e. The van der Waals surface area contributed by atoms with Crippen LogP contribution in [0.15, 0.2) is 24.3 Å². The Balaban J connectivity index is 2.04. The molecule has 0 amide bonds. The zero-order chi connectivity index (χ0) is 13.9. The van der Waals surface area contributed by atoms with E-state index in [1.54, 1.807) is 0 Å². The molecule has 19 heavy (non-hydrogen) atoms. The first-order valence-corrected chi connectivity index (χ1v) is 7.30. The monoisotopic (exact) mass is 265 g/mol. The first-order chi connectivity index (χ1) is 9.22. The third-order valence-corrected chi connectivity index (χ3v) is 3.05. The number of aliphatic hydroxyl groups is 1. The quantitative estimate of drug-likeness (QED) is 0.639. The zero-order valence-corrected chi connectivity index (χ0v) is 12.2. The van der Waals surface area contributed by atoms with Crippen LogP contribution in [0, 0.1) is 6.92 Å². The number of aliphatic hydroxyl groups excluding tert-OH is 1. The number of hydrogen-bond donors (Lipinski definition) is 2. The molecule has 0 heterocycles. The summed E-state index contributed by atoms with van der Waals surface area (Å²) in [6.45, 7) is 6.16. The Labute approximate surface area is 117 Å². The van der Waals surface area contributed by atoms with E-state index in [9.17, 15) is 5.11 Å². The fraction of sp³-hybridized carbons (Fsp3) is 0.625. The molecule has 1 atom stereocenters. The summed E-state index contributed by atoms with van der Waals surface area (Å²) >= 11 is 0. The van der Waals surface area contributed by atoms with Gasteiger partial charge in [-0.25, -0.2) is 0 Å². The van der Waals surface area contributed by atoms with Crippen LogP contribution in [0.2, 0.25) is 0 Å². The standard InChI is InChI=1S/C16H27NO2/c1-3-4-5-6-11-17-12-15(18)13-19-16-9-7-14(2)8-10-16/h7-10,15,17-18H,3-6,11-13H2,1-2H3/t15-/m1/s1. The molecule has 0 radical (unpaired) electrons. The van der Waals surface area contributed by atoms with Gasteiger partial charge in [0.05, 0.1) is 0 Å². The van der Waals surface area contributed by atoms with E-state index in [1.165, 1.54) is 31.2 Å². The summed E-state index contributed by atoms with van der Waals surface area (Å²) in [6, 6.07) is 7.88. The van der Waals surface area contributed by atoms with Crippen LogP contribution in [-0.4, -0.2) is 30.9 Å². The molecular formula is C16H27NO2. The highest BCUT2D eigenvalue weighted by Gasteiger charge is 2.04. The van der Waals surface area contributed by atoms with Gasteiger partial charge in [-0.3, -0.25) is 0 Å². The number of unbranched alkanes of at least 4 members (excludes halogenated alkanes) is 3. The molecule has 3 nitrogen and oxygen atoms in total. The van der Waals surface area contributed by atoms with Gasteiger partial charge in [0.2, 0.25) is 0 Å². The van der Waals surface area contributed by atoms with Gasteiger partial charge in [-0.15, -0.1) is 0 Å². The maximum absolute atomic E-state index is 9.78. The minimum Gasteiger partial charge on any atom is -0.491 e. The Bertz CT molecular complexity index is 324. The van der Waals surface area contributed by atoms with E-state index < -0.39 is 6.10 Å². The summed E-state index contributed by atoms with van der Waals surface area (Å²) in [4.78, 5) is 0. The second kappa shape index (κ2) is 9.82. The first kappa shape index (κ1) is 16.0. The van der Waals surface area contributed by atoms with Gasteiger partial charge in [0.25, 0.3) is 0 Å². The summed E-state index contributed by atoms with van der Waals surface area (Å²) in [5.74, 6) is 0.813. The minimum absolute atomic E-state index is 0.338. The van der Waals surface area contributed by atoms with Crippen LogP contribution in [0.1, 0.15) is 38.2 Å². The van der Waals surface area contributed by atoms with E-state index in [2.05, 4.69) is 12.2 Å². The van der Waals surface area contributed by atoms with E-state index in [1.807, 2.05) is 31.2 Å². The predicted molar refractivity (Wildman–Crippen MR) is 79.7 cm³/mol. The third-order valence-electron chi connectivity index (χ3n) is 3.05. The number of aryl methyl sites for hydroxylation is 1. The van der Waals surface area contributed by atoms with E-state index in [0.29, 0.717) is 13.2 Å². The molecule has 0 unspecified atom stereocenters. The lowest BCUT2D eigenvalue weighted by Gasteiger charge is -2.13. The molecule has 3 heteroatoms. The number of rotatable bonds is 10. The number of hydrogen-bond acceptors (Lipinski definition) is 3. The van der Waals surface area contributed by atoms with Crippen LogP contribution in [0.25, 0.3) is 0 Å². The van der Waals surface area contributed by atoms with Gasteiger partial charge in [0.1, 0.15) is 18.5 Å². The van der Waals surface area contributed by atoms with Crippen molar-refractivity contribution in [3.8, 4) is 5.75 Å². The Hall–Kier alpha value is -1.06. The highest BCUT2D eigenvalue weighted by molar-refractivity contribution is 5.26. The molecule has 108 valence electrons. The summed E-state index contributed by atoms with van der Waals surface area (Å²) < 4.78 is 5.53. The molecule has 1 aromatic rings. The van der Waals surface area contributed by atoms with Crippen molar-refractivity contribution in [2.24, 2.45) is 0 Å². The number of nitrogens with one attached hydrogen (secondary N) is 1. The molecule has 0 aliphatic rings. The van der Waals surface area contributed by atoms with Crippen LogP contribution in [-0.2, 0) is 0 Å². The van der Waals surface area contributed by atoms with Crippen molar-refractivity contribution in [3.63, 3.8) is 0 Å². The highest BCUT2D eigenvalue weighted by atomic mass is 16.5. The normalized spacial score (nSPS) is 12.4. The van der Waals surface area contributed by atoms with Crippen molar-refractivity contribution in [2.75, 3.05) is 19.7 Å². The molecule has 2 N–H and O–H groups in total. The van der Waals surface area contributed by atoms with Crippen molar-refractivity contribution in [2.45, 2.75) is 45.6 Å². The average Bonchev–Trinajstić information content (AvgIpc) is 2.42. The van der Waals surface area contributed by atoms with Crippen LogP contribution in [0.4, 0.5) is 0 Å². The van der Waals surface area contributed by atoms with E-state index in [4.69, 9.17) is 4.74 Å². The Morgan fingerprint density at radius 3 is 2.58 bits per heavy atom. The summed E-state index contributed by atoms with van der Waals surface area (Å²) in [6.07, 6.45) is 4.54. The molecule has 0 aliphatic carbocycles. The second-order valence-electron chi connectivity index (χ2n) is 5.04. The third kappa shape index (κ3) is 7.85. The maximum Gasteiger partial charge on any atom is 0.119 e. The summed E-state index contributed by atoms with van der Waals surface area (Å²) in [5.41, 5.74) is 1.21. The number of benzene rings is 1. The van der Waals surface area contributed by atoms with Crippen molar-refractivity contribution < 1.29 is 9.84 Å². The number of ether oxygens (including phenoxy) is 1. The lowest BCUT2D eigenvalue weighted by molar-refractivity contribution is 0.106. The fourth-order valence-electron chi connectivity index (χ4n) is 1.83. The van der Waals surface area contributed by atoms with Gasteiger partial charge in [-0.1, -0.05) is 43.9 Å². The Morgan fingerprint density at radius 2 is 1.89 bits per heavy atom. The van der Waals surface area contributed by atoms with E-state index >= 15 is 0 Å². The molecule has 0 fully saturated rings. The van der Waals surface area contributed by atoms with E-state index in [0.717, 1.165) is 12.3 Å².